The van der Waals surface area contributed by atoms with E-state index in [4.69, 9.17) is 15.5 Å². The maximum atomic E-state index is 10.3. The van der Waals surface area contributed by atoms with Crippen LogP contribution in [0.15, 0.2) is 24.4 Å². The normalized spacial score (nSPS) is 18.4. The summed E-state index contributed by atoms with van der Waals surface area (Å²) >= 11 is 1.50. The number of nitriles is 1. The van der Waals surface area contributed by atoms with Crippen LogP contribution in [0.5, 0.6) is 5.75 Å². The lowest BCUT2D eigenvalue weighted by atomic mass is 10.1. The van der Waals surface area contributed by atoms with Crippen LogP contribution >= 0.6 is 11.3 Å². The fourth-order valence-electron chi connectivity index (χ4n) is 3.48. The zero-order chi connectivity index (χ0) is 21.5. The molecule has 0 aliphatic carbocycles. The van der Waals surface area contributed by atoms with Gasteiger partial charge in [-0.2, -0.15) is 5.26 Å². The standard InChI is InChI=1S/C21H22N6O2S/c1-12-10-24-20(30-12)17-8-15(23)14(9-22)19(26-17)16-6-13(29-3)7-18(25-16)27-5-4-21(2,28)11-27/h6-8,10,28H,4-5,11H2,1-3H3,(H2,23,26)/t21-/m1/s1. The van der Waals surface area contributed by atoms with Crippen LogP contribution in [0, 0.1) is 18.3 Å². The first-order valence-electron chi connectivity index (χ1n) is 9.47. The lowest BCUT2D eigenvalue weighted by Gasteiger charge is -2.21. The number of thiazole rings is 1. The van der Waals surface area contributed by atoms with E-state index in [1.807, 2.05) is 24.8 Å². The summed E-state index contributed by atoms with van der Waals surface area (Å²) in [4.78, 5) is 16.9. The van der Waals surface area contributed by atoms with E-state index in [0.717, 1.165) is 9.88 Å². The number of rotatable bonds is 4. The molecule has 154 valence electrons. The van der Waals surface area contributed by atoms with Crippen LogP contribution in [0.25, 0.3) is 22.1 Å². The number of hydrogen-bond donors (Lipinski definition) is 2. The average Bonchev–Trinajstić information content (AvgIpc) is 3.32. The Hall–Kier alpha value is -3.22. The third kappa shape index (κ3) is 3.79. The quantitative estimate of drug-likeness (QED) is 0.658. The summed E-state index contributed by atoms with van der Waals surface area (Å²) in [5, 5.41) is 20.8. The molecule has 4 rings (SSSR count). The molecule has 0 bridgehead atoms. The molecule has 0 spiro atoms. The Morgan fingerprint density at radius 1 is 1.30 bits per heavy atom. The number of aromatic nitrogens is 3. The molecule has 0 saturated carbocycles. The monoisotopic (exact) mass is 422 g/mol. The molecule has 0 radical (unpaired) electrons. The van der Waals surface area contributed by atoms with E-state index in [9.17, 15) is 10.4 Å². The van der Waals surface area contributed by atoms with Gasteiger partial charge in [0, 0.05) is 36.3 Å². The number of hydrogen-bond acceptors (Lipinski definition) is 9. The summed E-state index contributed by atoms with van der Waals surface area (Å²) in [6, 6.07) is 7.36. The molecule has 1 saturated heterocycles. The van der Waals surface area contributed by atoms with Crippen LogP contribution in [0.3, 0.4) is 0 Å². The maximum Gasteiger partial charge on any atom is 0.142 e. The van der Waals surface area contributed by atoms with Gasteiger partial charge in [0.2, 0.25) is 0 Å². The van der Waals surface area contributed by atoms with Gasteiger partial charge in [-0.25, -0.2) is 15.0 Å². The van der Waals surface area contributed by atoms with E-state index in [1.54, 1.807) is 25.4 Å². The van der Waals surface area contributed by atoms with E-state index in [-0.39, 0.29) is 5.56 Å². The van der Waals surface area contributed by atoms with Gasteiger partial charge in [0.05, 0.1) is 24.1 Å². The highest BCUT2D eigenvalue weighted by molar-refractivity contribution is 7.14. The van der Waals surface area contributed by atoms with Crippen molar-refractivity contribution < 1.29 is 9.84 Å². The van der Waals surface area contributed by atoms with Crippen molar-refractivity contribution in [3.63, 3.8) is 0 Å². The van der Waals surface area contributed by atoms with Gasteiger partial charge >= 0.3 is 0 Å². The molecule has 4 heterocycles. The van der Waals surface area contributed by atoms with E-state index in [1.165, 1.54) is 11.3 Å². The third-order valence-corrected chi connectivity index (χ3v) is 5.98. The first-order chi connectivity index (χ1) is 14.3. The Balaban J connectivity index is 1.86. The molecule has 0 unspecified atom stereocenters. The van der Waals surface area contributed by atoms with Crippen molar-refractivity contribution >= 4 is 22.8 Å². The van der Waals surface area contributed by atoms with Gasteiger partial charge in [-0.15, -0.1) is 11.3 Å². The van der Waals surface area contributed by atoms with Gasteiger partial charge in [-0.3, -0.25) is 0 Å². The number of pyridine rings is 2. The number of nitrogens with two attached hydrogens (primary N) is 1. The number of nitrogens with zero attached hydrogens (tertiary/aromatic N) is 5. The second-order valence-electron chi connectivity index (χ2n) is 7.63. The number of ether oxygens (including phenoxy) is 1. The topological polar surface area (TPSA) is 121 Å². The Morgan fingerprint density at radius 2 is 2.10 bits per heavy atom. The van der Waals surface area contributed by atoms with Gasteiger partial charge in [0.15, 0.2) is 0 Å². The van der Waals surface area contributed by atoms with Crippen molar-refractivity contribution in [2.24, 2.45) is 0 Å². The van der Waals surface area contributed by atoms with Gasteiger partial charge in [0.25, 0.3) is 0 Å². The largest absolute Gasteiger partial charge is 0.497 e. The van der Waals surface area contributed by atoms with Crippen molar-refractivity contribution in [1.82, 2.24) is 15.0 Å². The molecule has 3 aromatic heterocycles. The minimum atomic E-state index is -0.770. The summed E-state index contributed by atoms with van der Waals surface area (Å²) in [6.45, 7) is 4.91. The molecule has 1 aliphatic rings. The Bertz CT molecular complexity index is 1150. The molecule has 3 N–H and O–H groups in total. The minimum Gasteiger partial charge on any atom is -0.497 e. The number of aliphatic hydroxyl groups is 1. The van der Waals surface area contributed by atoms with Gasteiger partial charge in [-0.1, -0.05) is 0 Å². The molecule has 8 nitrogen and oxygen atoms in total. The highest BCUT2D eigenvalue weighted by Crippen LogP contribution is 2.35. The molecule has 1 fully saturated rings. The highest BCUT2D eigenvalue weighted by Gasteiger charge is 2.32. The van der Waals surface area contributed by atoms with Crippen LogP contribution in [-0.2, 0) is 0 Å². The number of nitrogen functional groups attached to an aromatic ring is 1. The zero-order valence-electron chi connectivity index (χ0n) is 17.0. The van der Waals surface area contributed by atoms with Crippen molar-refractivity contribution in [3.05, 3.63) is 34.8 Å². The Kier molecular flexibility index (Phi) is 5.05. The summed E-state index contributed by atoms with van der Waals surface area (Å²) in [7, 11) is 1.57. The SMILES string of the molecule is COc1cc(-c2nc(-c3ncc(C)s3)cc(N)c2C#N)nc(N2CC[C@@](C)(O)C2)c1. The fourth-order valence-corrected chi connectivity index (χ4v) is 4.21. The molecule has 0 amide bonds. The van der Waals surface area contributed by atoms with E-state index < -0.39 is 5.60 Å². The second kappa shape index (κ2) is 7.55. The lowest BCUT2D eigenvalue weighted by molar-refractivity contribution is 0.0839. The molecule has 3 aromatic rings. The van der Waals surface area contributed by atoms with Crippen LogP contribution < -0.4 is 15.4 Å². The third-order valence-electron chi connectivity index (χ3n) is 5.04. The van der Waals surface area contributed by atoms with Crippen molar-refractivity contribution in [3.8, 4) is 33.9 Å². The summed E-state index contributed by atoms with van der Waals surface area (Å²) in [6.07, 6.45) is 2.42. The molecule has 0 aromatic carbocycles. The summed E-state index contributed by atoms with van der Waals surface area (Å²) in [5.74, 6) is 1.24. The molecular formula is C21H22N6O2S. The molecule has 30 heavy (non-hydrogen) atoms. The van der Waals surface area contributed by atoms with E-state index in [0.29, 0.717) is 53.8 Å². The van der Waals surface area contributed by atoms with Crippen LogP contribution in [0.4, 0.5) is 11.5 Å². The van der Waals surface area contributed by atoms with Gasteiger partial charge in [-0.05, 0) is 26.3 Å². The average molecular weight is 423 g/mol. The smallest absolute Gasteiger partial charge is 0.142 e. The Morgan fingerprint density at radius 3 is 2.70 bits per heavy atom. The predicted octanol–water partition coefficient (Wildman–Crippen LogP) is 3.00. The summed E-state index contributed by atoms with van der Waals surface area (Å²) < 4.78 is 5.47. The number of anilines is 2. The molecule has 1 aliphatic heterocycles. The maximum absolute atomic E-state index is 10.3. The lowest BCUT2D eigenvalue weighted by Crippen LogP contribution is -2.30. The van der Waals surface area contributed by atoms with Crippen molar-refractivity contribution in [2.75, 3.05) is 30.8 Å². The molecule has 9 heteroatoms. The van der Waals surface area contributed by atoms with E-state index in [2.05, 4.69) is 16.0 Å². The second-order valence-corrected chi connectivity index (χ2v) is 8.86. The fraction of sp³-hybridized carbons (Fsp3) is 0.333. The Labute approximate surface area is 178 Å². The minimum absolute atomic E-state index is 0.257. The highest BCUT2D eigenvalue weighted by atomic mass is 32.1. The zero-order valence-corrected chi connectivity index (χ0v) is 17.8. The van der Waals surface area contributed by atoms with Crippen LogP contribution in [-0.4, -0.2) is 45.9 Å². The van der Waals surface area contributed by atoms with Crippen molar-refractivity contribution in [1.29, 1.82) is 5.26 Å². The first kappa shape index (κ1) is 20.1. The van der Waals surface area contributed by atoms with Crippen LogP contribution in [0.1, 0.15) is 23.8 Å². The number of aryl methyl sites for hydroxylation is 1. The van der Waals surface area contributed by atoms with Crippen LogP contribution in [0.2, 0.25) is 0 Å². The van der Waals surface area contributed by atoms with Crippen molar-refractivity contribution in [2.45, 2.75) is 25.9 Å². The summed E-state index contributed by atoms with van der Waals surface area (Å²) in [5.41, 5.74) is 7.45. The molecule has 1 atom stereocenters. The van der Waals surface area contributed by atoms with Gasteiger partial charge in [0.1, 0.15) is 39.6 Å². The van der Waals surface area contributed by atoms with Gasteiger partial charge < -0.3 is 20.5 Å². The number of β-amino-alcohol motifs (C(OH)–C–C–N with tert-alkyl or cyclic N) is 1. The number of methoxy groups -OCH3 is 1. The molecular weight excluding hydrogens is 400 g/mol. The first-order valence-corrected chi connectivity index (χ1v) is 10.3. The predicted molar refractivity (Wildman–Crippen MR) is 116 cm³/mol. The van der Waals surface area contributed by atoms with E-state index >= 15 is 0 Å².